The van der Waals surface area contributed by atoms with Crippen LogP contribution in [0.5, 0.6) is 0 Å². The molecule has 2 aromatic carbocycles. The lowest BCUT2D eigenvalue weighted by molar-refractivity contribution is -0.384. The number of allylic oxidation sites excluding steroid dienone is 1. The molecule has 0 saturated heterocycles. The Labute approximate surface area is 210 Å². The molecule has 1 atom stereocenters. The number of hydrogen-bond acceptors (Lipinski definition) is 11. The number of thioether (sulfide) groups is 2. The molecule has 0 bridgehead atoms. The Morgan fingerprint density at radius 2 is 1.66 bits per heavy atom. The van der Waals surface area contributed by atoms with Gasteiger partial charge in [-0.2, -0.15) is 5.10 Å². The van der Waals surface area contributed by atoms with E-state index in [1.807, 2.05) is 35.2 Å². The molecule has 0 radical (unpaired) electrons. The van der Waals surface area contributed by atoms with E-state index in [0.717, 1.165) is 29.2 Å². The van der Waals surface area contributed by atoms with Crippen LogP contribution < -0.4 is 9.91 Å². The fourth-order valence-corrected chi connectivity index (χ4v) is 6.62. The molecule has 2 heterocycles. The molecule has 0 amide bonds. The van der Waals surface area contributed by atoms with E-state index in [0.29, 0.717) is 16.3 Å². The SMILES string of the molecule is CCOC(=O)C1=NN(c2cccc([N+](=O)[O-])c2)C2(S1)SC(C(=O)OCC)=C(C)N2c1ccccc1. The average Bonchev–Trinajstić information content (AvgIpc) is 3.37. The number of carbonyl (C=O) groups excluding carboxylic acids is 2. The van der Waals surface area contributed by atoms with Crippen LogP contribution >= 0.6 is 23.5 Å². The van der Waals surface area contributed by atoms with Gasteiger partial charge in [-0.05, 0) is 50.7 Å². The maximum absolute atomic E-state index is 12.9. The summed E-state index contributed by atoms with van der Waals surface area (Å²) in [6.07, 6.45) is 0. The monoisotopic (exact) mass is 514 g/mol. The van der Waals surface area contributed by atoms with Crippen LogP contribution in [0.4, 0.5) is 17.1 Å². The number of nitro groups is 1. The van der Waals surface area contributed by atoms with Gasteiger partial charge in [0.2, 0.25) is 9.37 Å². The van der Waals surface area contributed by atoms with Gasteiger partial charge in [-0.3, -0.25) is 10.1 Å². The summed E-state index contributed by atoms with van der Waals surface area (Å²) in [7, 11) is 0. The highest BCUT2D eigenvalue weighted by Gasteiger charge is 2.58. The highest BCUT2D eigenvalue weighted by molar-refractivity contribution is 8.29. The number of esters is 2. The summed E-state index contributed by atoms with van der Waals surface area (Å²) in [6, 6.07) is 15.3. The van der Waals surface area contributed by atoms with E-state index >= 15 is 0 Å². The number of nitro benzene ring substituents is 1. The van der Waals surface area contributed by atoms with Crippen molar-refractivity contribution in [2.45, 2.75) is 25.1 Å². The smallest absolute Gasteiger partial charge is 0.365 e. The zero-order valence-electron chi connectivity index (χ0n) is 19.2. The standard InChI is InChI=1S/C23H22N4O6S2/c1-4-32-21(28)19-15(3)25(16-10-7-6-8-11-16)23(34-19)26(24-20(35-23)22(29)33-5-2)17-12-9-13-18(14-17)27(30)31/h6-14H,4-5H2,1-3H3. The van der Waals surface area contributed by atoms with Gasteiger partial charge in [0, 0.05) is 23.5 Å². The summed E-state index contributed by atoms with van der Waals surface area (Å²) in [4.78, 5) is 38.8. The third-order valence-electron chi connectivity index (χ3n) is 5.08. The Balaban J connectivity index is 1.90. The first-order valence-electron chi connectivity index (χ1n) is 10.7. The van der Waals surface area contributed by atoms with Crippen molar-refractivity contribution in [3.05, 3.63) is 75.3 Å². The van der Waals surface area contributed by atoms with Crippen LogP contribution in [0.2, 0.25) is 0 Å². The van der Waals surface area contributed by atoms with E-state index in [9.17, 15) is 19.7 Å². The van der Waals surface area contributed by atoms with Crippen molar-refractivity contribution in [1.82, 2.24) is 0 Å². The lowest BCUT2D eigenvalue weighted by Crippen LogP contribution is -2.49. The van der Waals surface area contributed by atoms with Crippen molar-refractivity contribution >= 4 is 57.6 Å². The molecular formula is C23H22N4O6S2. The van der Waals surface area contributed by atoms with Gasteiger partial charge in [0.25, 0.3) is 5.69 Å². The molecule has 12 heteroatoms. The van der Waals surface area contributed by atoms with Crippen LogP contribution in [0.3, 0.4) is 0 Å². The fraction of sp³-hybridized carbons (Fsp3) is 0.261. The maximum atomic E-state index is 12.9. The number of hydrazone groups is 1. The van der Waals surface area contributed by atoms with E-state index in [-0.39, 0.29) is 23.9 Å². The lowest BCUT2D eigenvalue weighted by Gasteiger charge is -2.41. The Morgan fingerprint density at radius 3 is 2.31 bits per heavy atom. The van der Waals surface area contributed by atoms with Gasteiger partial charge in [0.1, 0.15) is 4.91 Å². The predicted molar refractivity (Wildman–Crippen MR) is 136 cm³/mol. The van der Waals surface area contributed by atoms with Crippen LogP contribution in [0.1, 0.15) is 20.8 Å². The molecule has 0 aromatic heterocycles. The lowest BCUT2D eigenvalue weighted by atomic mass is 10.2. The second-order valence-electron chi connectivity index (χ2n) is 7.27. The van der Waals surface area contributed by atoms with E-state index in [2.05, 4.69) is 5.10 Å². The first kappa shape index (κ1) is 24.6. The molecule has 2 aromatic rings. The van der Waals surface area contributed by atoms with E-state index in [4.69, 9.17) is 9.47 Å². The molecule has 2 aliphatic rings. The molecule has 0 fully saturated rings. The van der Waals surface area contributed by atoms with Gasteiger partial charge < -0.3 is 14.4 Å². The van der Waals surface area contributed by atoms with Crippen LogP contribution in [0.15, 0.2) is 70.3 Å². The summed E-state index contributed by atoms with van der Waals surface area (Å²) < 4.78 is 9.28. The fourth-order valence-electron chi connectivity index (χ4n) is 3.67. The first-order chi connectivity index (χ1) is 16.8. The number of para-hydroxylation sites is 1. The van der Waals surface area contributed by atoms with Crippen molar-refractivity contribution < 1.29 is 24.0 Å². The minimum absolute atomic E-state index is 0.0599. The van der Waals surface area contributed by atoms with Crippen molar-refractivity contribution in [2.24, 2.45) is 5.10 Å². The van der Waals surface area contributed by atoms with Gasteiger partial charge in [-0.15, -0.1) is 0 Å². The van der Waals surface area contributed by atoms with Crippen LogP contribution in [0, 0.1) is 10.1 Å². The number of nitrogens with zero attached hydrogens (tertiary/aromatic N) is 4. The number of rotatable bonds is 7. The highest BCUT2D eigenvalue weighted by Crippen LogP contribution is 2.60. The van der Waals surface area contributed by atoms with Crippen LogP contribution in [-0.2, 0) is 19.1 Å². The topological polar surface area (TPSA) is 115 Å². The van der Waals surface area contributed by atoms with Gasteiger partial charge >= 0.3 is 11.9 Å². The molecule has 4 rings (SSSR count). The molecular weight excluding hydrogens is 492 g/mol. The van der Waals surface area contributed by atoms with Crippen LogP contribution in [0.25, 0.3) is 0 Å². The van der Waals surface area contributed by atoms with Gasteiger partial charge in [-0.1, -0.05) is 36.0 Å². The Kier molecular flexibility index (Phi) is 7.03. The Hall–Kier alpha value is -3.51. The third-order valence-corrected chi connectivity index (χ3v) is 7.93. The number of benzene rings is 2. The van der Waals surface area contributed by atoms with E-state index < -0.39 is 21.2 Å². The minimum Gasteiger partial charge on any atom is -0.462 e. The molecule has 182 valence electrons. The van der Waals surface area contributed by atoms with Crippen LogP contribution in [-0.4, -0.2) is 39.4 Å². The van der Waals surface area contributed by atoms with E-state index in [1.54, 1.807) is 32.9 Å². The summed E-state index contributed by atoms with van der Waals surface area (Å²) >= 11 is 2.27. The second kappa shape index (κ2) is 10.0. The summed E-state index contributed by atoms with van der Waals surface area (Å²) in [6.45, 7) is 5.55. The van der Waals surface area contributed by atoms with Crippen molar-refractivity contribution in [3.8, 4) is 0 Å². The van der Waals surface area contributed by atoms with Gasteiger partial charge in [0.15, 0.2) is 0 Å². The minimum atomic E-state index is -1.22. The molecule has 0 aliphatic carbocycles. The number of carbonyl (C=O) groups is 2. The van der Waals surface area contributed by atoms with Crippen molar-refractivity contribution in [1.29, 1.82) is 0 Å². The van der Waals surface area contributed by atoms with Gasteiger partial charge in [0.05, 0.1) is 23.8 Å². The quantitative estimate of drug-likeness (QED) is 0.293. The third kappa shape index (κ3) is 4.46. The van der Waals surface area contributed by atoms with Crippen molar-refractivity contribution in [2.75, 3.05) is 23.1 Å². The Bertz CT molecular complexity index is 1240. The number of hydrogen-bond donors (Lipinski definition) is 0. The predicted octanol–water partition coefficient (Wildman–Crippen LogP) is 4.68. The average molecular weight is 515 g/mol. The zero-order chi connectivity index (χ0) is 25.2. The van der Waals surface area contributed by atoms with E-state index in [1.165, 1.54) is 17.1 Å². The molecule has 1 spiro atoms. The Morgan fingerprint density at radius 1 is 1.00 bits per heavy atom. The normalized spacial score (nSPS) is 19.2. The number of anilines is 2. The highest BCUT2D eigenvalue weighted by atomic mass is 32.2. The molecule has 0 saturated carbocycles. The number of non-ortho nitro benzene ring substituents is 1. The molecule has 35 heavy (non-hydrogen) atoms. The molecule has 0 N–H and O–H groups in total. The summed E-state index contributed by atoms with van der Waals surface area (Å²) in [5.41, 5.74) is 1.58. The van der Waals surface area contributed by atoms with Crippen molar-refractivity contribution in [3.63, 3.8) is 0 Å². The van der Waals surface area contributed by atoms with Gasteiger partial charge in [-0.25, -0.2) is 14.6 Å². The molecule has 2 aliphatic heterocycles. The second-order valence-corrected chi connectivity index (χ2v) is 9.87. The summed E-state index contributed by atoms with van der Waals surface area (Å²) in [5, 5.41) is 17.6. The maximum Gasteiger partial charge on any atom is 0.365 e. The zero-order valence-corrected chi connectivity index (χ0v) is 20.8. The number of ether oxygens (including phenoxy) is 2. The summed E-state index contributed by atoms with van der Waals surface area (Å²) in [5.74, 6) is -1.13. The molecule has 1 unspecified atom stereocenters. The largest absolute Gasteiger partial charge is 0.462 e. The first-order valence-corrected chi connectivity index (χ1v) is 12.4. The molecule has 10 nitrogen and oxygen atoms in total.